The van der Waals surface area contributed by atoms with E-state index in [1.807, 2.05) is 16.8 Å². The van der Waals surface area contributed by atoms with Crippen molar-refractivity contribution in [1.82, 2.24) is 15.5 Å². The summed E-state index contributed by atoms with van der Waals surface area (Å²) in [5, 5.41) is 27.4. The first-order valence-electron chi connectivity index (χ1n) is 6.07. The number of nitrogens with one attached hydrogen (secondary N) is 2. The zero-order valence-electron chi connectivity index (χ0n) is 11.3. The normalized spacial score (nSPS) is 13.6. The molecule has 0 saturated carbocycles. The number of hydrogen-bond donors (Lipinski definition) is 3. The van der Waals surface area contributed by atoms with E-state index < -0.39 is 5.60 Å². The topological polar surface area (TPSA) is 87.1 Å². The van der Waals surface area contributed by atoms with Gasteiger partial charge in [-0.2, -0.15) is 11.3 Å². The maximum atomic E-state index is 11.3. The zero-order chi connectivity index (χ0) is 14.6. The van der Waals surface area contributed by atoms with Crippen molar-refractivity contribution in [2.24, 2.45) is 0 Å². The molecular formula is C13H16N4O2S. The van der Waals surface area contributed by atoms with E-state index in [1.165, 1.54) is 18.4 Å². The smallest absolute Gasteiger partial charge is 0.271 e. The zero-order valence-corrected chi connectivity index (χ0v) is 12.1. The number of carbonyl (C=O) groups excluding carboxylic acids is 1. The molecule has 0 bridgehead atoms. The van der Waals surface area contributed by atoms with Crippen LogP contribution in [0.4, 0.5) is 5.82 Å². The maximum absolute atomic E-state index is 11.3. The molecule has 106 valence electrons. The number of amides is 1. The summed E-state index contributed by atoms with van der Waals surface area (Å²) in [5.74, 6) is 0.225. The fourth-order valence-corrected chi connectivity index (χ4v) is 2.39. The van der Waals surface area contributed by atoms with Gasteiger partial charge in [0.05, 0.1) is 0 Å². The third-order valence-electron chi connectivity index (χ3n) is 2.88. The van der Waals surface area contributed by atoms with Crippen LogP contribution in [0.25, 0.3) is 0 Å². The van der Waals surface area contributed by atoms with Crippen LogP contribution in [0, 0.1) is 0 Å². The first-order chi connectivity index (χ1) is 9.53. The van der Waals surface area contributed by atoms with Crippen molar-refractivity contribution < 1.29 is 9.90 Å². The van der Waals surface area contributed by atoms with Gasteiger partial charge in [-0.3, -0.25) is 4.79 Å². The van der Waals surface area contributed by atoms with Crippen molar-refractivity contribution in [3.8, 4) is 0 Å². The van der Waals surface area contributed by atoms with Crippen LogP contribution in [0.5, 0.6) is 0 Å². The fraction of sp³-hybridized carbons (Fsp3) is 0.308. The van der Waals surface area contributed by atoms with Gasteiger partial charge < -0.3 is 15.7 Å². The Bertz CT molecular complexity index is 567. The van der Waals surface area contributed by atoms with Crippen molar-refractivity contribution >= 4 is 23.1 Å². The lowest BCUT2D eigenvalue weighted by molar-refractivity contribution is 0.0718. The minimum Gasteiger partial charge on any atom is -0.384 e. The van der Waals surface area contributed by atoms with Crippen molar-refractivity contribution in [2.45, 2.75) is 12.5 Å². The molecule has 1 atom stereocenters. The summed E-state index contributed by atoms with van der Waals surface area (Å²) in [6, 6.07) is 5.11. The molecule has 0 spiro atoms. The molecule has 6 nitrogen and oxygen atoms in total. The number of anilines is 1. The Labute approximate surface area is 120 Å². The van der Waals surface area contributed by atoms with Gasteiger partial charge in [0.2, 0.25) is 0 Å². The Morgan fingerprint density at radius 3 is 2.75 bits per heavy atom. The van der Waals surface area contributed by atoms with Crippen molar-refractivity contribution in [3.63, 3.8) is 0 Å². The van der Waals surface area contributed by atoms with Crippen LogP contribution in [0.2, 0.25) is 0 Å². The van der Waals surface area contributed by atoms with E-state index in [0.29, 0.717) is 12.4 Å². The second-order valence-electron chi connectivity index (χ2n) is 4.52. The molecule has 2 heterocycles. The number of thiophene rings is 1. The molecule has 2 aromatic heterocycles. The lowest BCUT2D eigenvalue weighted by atomic mass is 9.99. The van der Waals surface area contributed by atoms with Crippen molar-refractivity contribution in [1.29, 1.82) is 0 Å². The molecule has 7 heteroatoms. The number of hydrogen-bond acceptors (Lipinski definition) is 6. The highest BCUT2D eigenvalue weighted by molar-refractivity contribution is 7.08. The van der Waals surface area contributed by atoms with Gasteiger partial charge in [0, 0.05) is 13.6 Å². The molecule has 0 aliphatic rings. The Morgan fingerprint density at radius 2 is 2.20 bits per heavy atom. The molecule has 2 rings (SSSR count). The second kappa shape index (κ2) is 5.98. The molecular weight excluding hydrogens is 276 g/mol. The number of aromatic nitrogens is 2. The monoisotopic (exact) mass is 292 g/mol. The Kier molecular flexibility index (Phi) is 4.31. The molecule has 0 aromatic carbocycles. The van der Waals surface area contributed by atoms with Crippen LogP contribution < -0.4 is 10.6 Å². The summed E-state index contributed by atoms with van der Waals surface area (Å²) in [4.78, 5) is 11.3. The predicted octanol–water partition coefficient (Wildman–Crippen LogP) is 1.22. The van der Waals surface area contributed by atoms with Crippen molar-refractivity contribution in [2.75, 3.05) is 18.9 Å². The van der Waals surface area contributed by atoms with E-state index in [0.717, 1.165) is 5.56 Å². The molecule has 0 saturated heterocycles. The quantitative estimate of drug-likeness (QED) is 0.771. The second-order valence-corrected chi connectivity index (χ2v) is 5.30. The summed E-state index contributed by atoms with van der Waals surface area (Å²) in [6.07, 6.45) is 0. The highest BCUT2D eigenvalue weighted by atomic mass is 32.1. The van der Waals surface area contributed by atoms with E-state index in [2.05, 4.69) is 20.8 Å². The van der Waals surface area contributed by atoms with Crippen LogP contribution in [0.3, 0.4) is 0 Å². The van der Waals surface area contributed by atoms with E-state index in [-0.39, 0.29) is 11.6 Å². The molecule has 0 aliphatic carbocycles. The van der Waals surface area contributed by atoms with Crippen LogP contribution in [-0.4, -0.2) is 34.8 Å². The van der Waals surface area contributed by atoms with Gasteiger partial charge in [-0.05, 0) is 41.4 Å². The van der Waals surface area contributed by atoms with Gasteiger partial charge in [0.25, 0.3) is 5.91 Å². The number of aliphatic hydroxyl groups is 1. The lowest BCUT2D eigenvalue weighted by Gasteiger charge is -2.22. The van der Waals surface area contributed by atoms with Gasteiger partial charge in [-0.15, -0.1) is 10.2 Å². The summed E-state index contributed by atoms with van der Waals surface area (Å²) in [7, 11) is 1.54. The molecule has 3 N–H and O–H groups in total. The minimum atomic E-state index is -0.985. The van der Waals surface area contributed by atoms with E-state index >= 15 is 0 Å². The summed E-state index contributed by atoms with van der Waals surface area (Å²) >= 11 is 1.54. The van der Waals surface area contributed by atoms with Gasteiger partial charge in [0.15, 0.2) is 5.69 Å². The Hall–Kier alpha value is -1.99. The number of nitrogens with zero attached hydrogens (tertiary/aromatic N) is 2. The molecule has 1 amide bonds. The molecule has 2 aromatic rings. The van der Waals surface area contributed by atoms with Gasteiger partial charge >= 0.3 is 0 Å². The molecule has 20 heavy (non-hydrogen) atoms. The highest BCUT2D eigenvalue weighted by Crippen LogP contribution is 2.23. The molecule has 0 radical (unpaired) electrons. The number of rotatable bonds is 5. The predicted molar refractivity (Wildman–Crippen MR) is 77.8 cm³/mol. The van der Waals surface area contributed by atoms with Crippen LogP contribution >= 0.6 is 11.3 Å². The van der Waals surface area contributed by atoms with E-state index in [1.54, 1.807) is 19.1 Å². The largest absolute Gasteiger partial charge is 0.384 e. The fourth-order valence-electron chi connectivity index (χ4n) is 1.61. The third-order valence-corrected chi connectivity index (χ3v) is 3.56. The minimum absolute atomic E-state index is 0.252. The van der Waals surface area contributed by atoms with Gasteiger partial charge in [0.1, 0.15) is 11.4 Å². The first-order valence-corrected chi connectivity index (χ1v) is 7.02. The summed E-state index contributed by atoms with van der Waals surface area (Å²) in [5.41, 5.74) is 0.119. The first kappa shape index (κ1) is 14.4. The van der Waals surface area contributed by atoms with Crippen LogP contribution in [0.1, 0.15) is 23.0 Å². The highest BCUT2D eigenvalue weighted by Gasteiger charge is 2.23. The Balaban J connectivity index is 1.99. The van der Waals surface area contributed by atoms with Crippen LogP contribution in [0.15, 0.2) is 29.0 Å². The Morgan fingerprint density at radius 1 is 1.40 bits per heavy atom. The SMILES string of the molecule is CNC(=O)c1ccc(NCC(C)(O)c2ccsc2)nn1. The summed E-state index contributed by atoms with van der Waals surface area (Å²) in [6.45, 7) is 2.03. The van der Waals surface area contributed by atoms with Crippen LogP contribution in [-0.2, 0) is 5.60 Å². The molecule has 0 aliphatic heterocycles. The van der Waals surface area contributed by atoms with Gasteiger partial charge in [-0.1, -0.05) is 0 Å². The average Bonchev–Trinajstić information content (AvgIpc) is 3.00. The van der Waals surface area contributed by atoms with E-state index in [9.17, 15) is 9.90 Å². The maximum Gasteiger partial charge on any atom is 0.271 e. The standard InChI is InChI=1S/C13H16N4O2S/c1-13(19,9-5-6-20-7-9)8-15-11-4-3-10(16-17-11)12(18)14-2/h3-7,19H,8H2,1-2H3,(H,14,18)(H,15,17). The van der Waals surface area contributed by atoms with Crippen molar-refractivity contribution in [3.05, 3.63) is 40.2 Å². The molecule has 1 unspecified atom stereocenters. The molecule has 0 fully saturated rings. The lowest BCUT2D eigenvalue weighted by Crippen LogP contribution is -2.30. The third kappa shape index (κ3) is 3.31. The average molecular weight is 292 g/mol. The summed E-state index contributed by atoms with van der Waals surface area (Å²) < 4.78 is 0. The van der Waals surface area contributed by atoms with Gasteiger partial charge in [-0.25, -0.2) is 0 Å². The van der Waals surface area contributed by atoms with E-state index in [4.69, 9.17) is 0 Å². The number of carbonyl (C=O) groups is 1.